The molecule has 1 rings (SSSR count). The van der Waals surface area contributed by atoms with Crippen LogP contribution in [0.5, 0.6) is 0 Å². The van der Waals surface area contributed by atoms with Gasteiger partial charge in [-0.2, -0.15) is 0 Å². The van der Waals surface area contributed by atoms with Crippen molar-refractivity contribution in [2.24, 2.45) is 0 Å². The molecule has 13 heavy (non-hydrogen) atoms. The predicted octanol–water partition coefficient (Wildman–Crippen LogP) is -1.67. The minimum Gasteiger partial charge on any atom is 1.00 e. The van der Waals surface area contributed by atoms with Crippen LogP contribution in [-0.2, 0) is 4.74 Å². The molecule has 64 valence electrons. The van der Waals surface area contributed by atoms with Crippen LogP contribution in [-0.4, -0.2) is 27.5 Å². The molecule has 1 aromatic rings. The number of hydrogen-bond donors (Lipinski definition) is 0. The van der Waals surface area contributed by atoms with Gasteiger partial charge >= 0.3 is 102 Å². The minimum absolute atomic E-state index is 0. The minimum atomic E-state index is -0.287. The molecule has 0 fully saturated rings. The van der Waals surface area contributed by atoms with Crippen LogP contribution in [0.3, 0.4) is 0 Å². The standard InChI is InChI=1S/C10H11OTe.Li/c1-2-11-8-9-12-10-6-4-3-5-7-10;/h3-8H,2H2,1H3;/q-1;+1. The topological polar surface area (TPSA) is 9.23 Å². The Morgan fingerprint density at radius 3 is 2.69 bits per heavy atom. The van der Waals surface area contributed by atoms with Crippen LogP contribution < -0.4 is 22.5 Å². The van der Waals surface area contributed by atoms with Crippen molar-refractivity contribution >= 4 is 24.5 Å². The first-order chi connectivity index (χ1) is 5.93. The van der Waals surface area contributed by atoms with Crippen molar-refractivity contribution in [1.29, 1.82) is 0 Å². The molecule has 0 spiro atoms. The summed E-state index contributed by atoms with van der Waals surface area (Å²) in [5.41, 5.74) is 0. The maximum Gasteiger partial charge on any atom is 1.00 e. The monoisotopic (exact) mass is 284 g/mol. The van der Waals surface area contributed by atoms with Crippen LogP contribution in [0.4, 0.5) is 0 Å². The van der Waals surface area contributed by atoms with Crippen molar-refractivity contribution in [2.45, 2.75) is 6.92 Å². The van der Waals surface area contributed by atoms with Gasteiger partial charge < -0.3 is 0 Å². The average molecular weight is 282 g/mol. The molecular formula is C10H11LiOTe. The fourth-order valence-electron chi connectivity index (χ4n) is 0.698. The van der Waals surface area contributed by atoms with Crippen molar-refractivity contribution in [3.05, 3.63) is 40.7 Å². The second-order valence-electron chi connectivity index (χ2n) is 2.11. The smallest absolute Gasteiger partial charge is 1.00 e. The molecule has 0 N–H and O–H groups in total. The molecule has 0 aliphatic heterocycles. The first kappa shape index (κ1) is 13.1. The van der Waals surface area contributed by atoms with Gasteiger partial charge in [0.1, 0.15) is 0 Å². The SMILES string of the molecule is CCOC=[C-][Te]c1ccccc1.[Li+]. The molecule has 0 aliphatic rings. The van der Waals surface area contributed by atoms with Crippen molar-refractivity contribution in [1.82, 2.24) is 0 Å². The zero-order chi connectivity index (χ0) is 8.65. The third kappa shape index (κ3) is 6.25. The summed E-state index contributed by atoms with van der Waals surface area (Å²) in [6.45, 7) is 2.70. The van der Waals surface area contributed by atoms with E-state index in [4.69, 9.17) is 4.74 Å². The second kappa shape index (κ2) is 8.73. The van der Waals surface area contributed by atoms with E-state index in [1.165, 1.54) is 3.61 Å². The Hall–Kier alpha value is 0.147. The molecule has 0 bridgehead atoms. The molecule has 0 aromatic heterocycles. The summed E-state index contributed by atoms with van der Waals surface area (Å²) in [7, 11) is 0. The Balaban J connectivity index is 0.00000144. The van der Waals surface area contributed by atoms with Crippen LogP contribution in [0.2, 0.25) is 0 Å². The molecule has 3 heteroatoms. The summed E-state index contributed by atoms with van der Waals surface area (Å²) in [4.78, 5) is 0. The van der Waals surface area contributed by atoms with Crippen molar-refractivity contribution in [3.8, 4) is 0 Å². The van der Waals surface area contributed by atoms with Gasteiger partial charge in [-0.15, -0.1) is 0 Å². The number of ether oxygens (including phenoxy) is 1. The van der Waals surface area contributed by atoms with Crippen LogP contribution >= 0.6 is 0 Å². The molecule has 0 saturated carbocycles. The molecule has 0 unspecified atom stereocenters. The van der Waals surface area contributed by atoms with Gasteiger partial charge in [-0.1, -0.05) is 0 Å². The van der Waals surface area contributed by atoms with Crippen molar-refractivity contribution in [3.63, 3.8) is 0 Å². The van der Waals surface area contributed by atoms with Gasteiger partial charge in [-0.05, 0) is 0 Å². The molecule has 0 radical (unpaired) electrons. The van der Waals surface area contributed by atoms with E-state index in [0.717, 1.165) is 6.61 Å². The Kier molecular flexibility index (Phi) is 8.83. The van der Waals surface area contributed by atoms with E-state index in [-0.39, 0.29) is 39.8 Å². The van der Waals surface area contributed by atoms with Crippen molar-refractivity contribution in [2.75, 3.05) is 6.61 Å². The number of benzene rings is 1. The Bertz CT molecular complexity index is 236. The van der Waals surface area contributed by atoms with E-state index >= 15 is 0 Å². The fraction of sp³-hybridized carbons (Fsp3) is 0.200. The second-order valence-corrected chi connectivity index (χ2v) is 4.71. The molecule has 0 atom stereocenters. The largest absolute Gasteiger partial charge is 1.00 e. The van der Waals surface area contributed by atoms with Crippen LogP contribution in [0.15, 0.2) is 36.6 Å². The number of rotatable bonds is 4. The Morgan fingerprint density at radius 2 is 2.08 bits per heavy atom. The molecule has 0 aliphatic carbocycles. The summed E-state index contributed by atoms with van der Waals surface area (Å²) in [6, 6.07) is 10.4. The first-order valence-electron chi connectivity index (χ1n) is 3.84. The van der Waals surface area contributed by atoms with E-state index in [1.807, 2.05) is 13.0 Å². The molecular weight excluding hydrogens is 271 g/mol. The van der Waals surface area contributed by atoms with Gasteiger partial charge in [0, 0.05) is 0 Å². The Morgan fingerprint density at radius 1 is 1.38 bits per heavy atom. The van der Waals surface area contributed by atoms with Gasteiger partial charge in [-0.25, -0.2) is 0 Å². The van der Waals surface area contributed by atoms with Crippen LogP contribution in [0.1, 0.15) is 6.92 Å². The summed E-state index contributed by atoms with van der Waals surface area (Å²) >= 11 is -0.287. The first-order valence-corrected chi connectivity index (χ1v) is 6.17. The van der Waals surface area contributed by atoms with Gasteiger partial charge in [0.15, 0.2) is 0 Å². The maximum absolute atomic E-state index is 5.05. The van der Waals surface area contributed by atoms with Gasteiger partial charge in [-0.3, -0.25) is 0 Å². The van der Waals surface area contributed by atoms with E-state index in [2.05, 4.69) is 28.4 Å². The van der Waals surface area contributed by atoms with Gasteiger partial charge in [0.05, 0.1) is 0 Å². The summed E-state index contributed by atoms with van der Waals surface area (Å²) in [6.07, 6.45) is 1.69. The normalized spacial score (nSPS) is 9.62. The van der Waals surface area contributed by atoms with E-state index < -0.39 is 0 Å². The third-order valence-corrected chi connectivity index (χ3v) is 3.28. The fourth-order valence-corrected chi connectivity index (χ4v) is 2.25. The van der Waals surface area contributed by atoms with E-state index in [0.29, 0.717) is 0 Å². The summed E-state index contributed by atoms with van der Waals surface area (Å²) < 4.78 is 9.62. The zero-order valence-electron chi connectivity index (χ0n) is 7.99. The Labute approximate surface area is 102 Å². The molecule has 0 amide bonds. The predicted molar refractivity (Wildman–Crippen MR) is 51.3 cm³/mol. The van der Waals surface area contributed by atoms with E-state index in [1.54, 1.807) is 6.26 Å². The molecule has 1 nitrogen and oxygen atoms in total. The van der Waals surface area contributed by atoms with Gasteiger partial charge in [0.25, 0.3) is 0 Å². The van der Waals surface area contributed by atoms with Crippen LogP contribution in [0.25, 0.3) is 0 Å². The van der Waals surface area contributed by atoms with Gasteiger partial charge in [0.2, 0.25) is 0 Å². The quantitative estimate of drug-likeness (QED) is 0.364. The third-order valence-electron chi connectivity index (χ3n) is 1.22. The molecule has 1 aromatic carbocycles. The van der Waals surface area contributed by atoms with E-state index in [9.17, 15) is 0 Å². The molecule has 0 saturated heterocycles. The average Bonchev–Trinajstić information content (AvgIpc) is 2.14. The number of hydrogen-bond acceptors (Lipinski definition) is 1. The van der Waals surface area contributed by atoms with Crippen molar-refractivity contribution < 1.29 is 23.6 Å². The summed E-state index contributed by atoms with van der Waals surface area (Å²) in [5.74, 6) is 0. The maximum atomic E-state index is 5.05. The molecule has 0 heterocycles. The summed E-state index contributed by atoms with van der Waals surface area (Å²) in [5, 5.41) is 0. The zero-order valence-corrected chi connectivity index (χ0v) is 10.3. The van der Waals surface area contributed by atoms with Crippen LogP contribution in [0, 0.1) is 4.12 Å².